The first-order chi connectivity index (χ1) is 17.5. The van der Waals surface area contributed by atoms with Gasteiger partial charge in [-0.15, -0.1) is 0 Å². The fourth-order valence-electron chi connectivity index (χ4n) is 4.58. The van der Waals surface area contributed by atoms with Gasteiger partial charge in [-0.25, -0.2) is 9.79 Å². The van der Waals surface area contributed by atoms with Gasteiger partial charge in [0.05, 0.1) is 35.1 Å². The minimum Gasteiger partial charge on any atom is -0.493 e. The molecule has 36 heavy (non-hydrogen) atoms. The summed E-state index contributed by atoms with van der Waals surface area (Å²) in [6.45, 7) is 6.24. The van der Waals surface area contributed by atoms with Crippen LogP contribution in [0, 0.1) is 0 Å². The van der Waals surface area contributed by atoms with Crippen LogP contribution in [-0.4, -0.2) is 23.8 Å². The molecule has 6 nitrogen and oxygen atoms in total. The van der Waals surface area contributed by atoms with Crippen LogP contribution in [0.2, 0.25) is 0 Å². The highest BCUT2D eigenvalue weighted by Gasteiger charge is 2.33. The van der Waals surface area contributed by atoms with Gasteiger partial charge in [-0.3, -0.25) is 9.36 Å². The van der Waals surface area contributed by atoms with E-state index in [2.05, 4.69) is 4.99 Å². The average molecular weight is 499 g/mol. The number of carbonyl (C=O) groups is 1. The molecule has 1 aliphatic heterocycles. The first-order valence-electron chi connectivity index (χ1n) is 11.9. The second-order valence-corrected chi connectivity index (χ2v) is 9.35. The van der Waals surface area contributed by atoms with Crippen LogP contribution in [-0.2, 0) is 9.53 Å². The number of carbonyl (C=O) groups excluding carboxylic acids is 1. The Bertz CT molecular complexity index is 1670. The van der Waals surface area contributed by atoms with Crippen molar-refractivity contribution in [2.45, 2.75) is 26.8 Å². The Kier molecular flexibility index (Phi) is 6.57. The van der Waals surface area contributed by atoms with E-state index in [4.69, 9.17) is 9.47 Å². The molecule has 1 atom stereocenters. The molecule has 0 bridgehead atoms. The summed E-state index contributed by atoms with van der Waals surface area (Å²) in [5.41, 5.74) is 2.38. The van der Waals surface area contributed by atoms with E-state index >= 15 is 0 Å². The third-order valence-corrected chi connectivity index (χ3v) is 7.12. The first-order valence-corrected chi connectivity index (χ1v) is 12.7. The fraction of sp³-hybridized carbons (Fsp3) is 0.207. The van der Waals surface area contributed by atoms with Gasteiger partial charge in [-0.05, 0) is 49.2 Å². The number of thiazole rings is 1. The van der Waals surface area contributed by atoms with Crippen LogP contribution in [0.4, 0.5) is 0 Å². The normalized spacial score (nSPS) is 15.5. The zero-order valence-electron chi connectivity index (χ0n) is 20.4. The molecule has 1 aromatic heterocycles. The van der Waals surface area contributed by atoms with Crippen LogP contribution in [0.1, 0.15) is 37.9 Å². The van der Waals surface area contributed by atoms with Crippen molar-refractivity contribution < 1.29 is 14.3 Å². The number of benzene rings is 3. The maximum absolute atomic E-state index is 13.9. The quantitative estimate of drug-likeness (QED) is 0.371. The van der Waals surface area contributed by atoms with E-state index in [1.54, 1.807) is 18.4 Å². The molecule has 0 radical (unpaired) electrons. The Balaban J connectivity index is 1.77. The van der Waals surface area contributed by atoms with Crippen LogP contribution in [0.25, 0.3) is 16.8 Å². The Morgan fingerprint density at radius 2 is 1.78 bits per heavy atom. The van der Waals surface area contributed by atoms with Crippen molar-refractivity contribution in [3.8, 4) is 5.75 Å². The van der Waals surface area contributed by atoms with Crippen molar-refractivity contribution in [1.82, 2.24) is 4.57 Å². The number of allylic oxidation sites excluding steroid dienone is 1. The maximum Gasteiger partial charge on any atom is 0.338 e. The average Bonchev–Trinajstić information content (AvgIpc) is 3.19. The van der Waals surface area contributed by atoms with Crippen LogP contribution in [0.15, 0.2) is 87.8 Å². The van der Waals surface area contributed by atoms with E-state index in [1.165, 1.54) is 11.3 Å². The molecule has 0 amide bonds. The van der Waals surface area contributed by atoms with Crippen molar-refractivity contribution >= 4 is 34.2 Å². The second-order valence-electron chi connectivity index (χ2n) is 8.34. The topological polar surface area (TPSA) is 69.9 Å². The number of esters is 1. The number of ether oxygens (including phenoxy) is 2. The lowest BCUT2D eigenvalue weighted by Gasteiger charge is -2.24. The summed E-state index contributed by atoms with van der Waals surface area (Å²) in [5, 5.41) is 2.06. The number of hydrogen-bond acceptors (Lipinski definition) is 6. The Hall–Kier alpha value is -3.97. The van der Waals surface area contributed by atoms with Gasteiger partial charge < -0.3 is 9.47 Å². The molecule has 1 aliphatic rings. The molecule has 0 saturated carbocycles. The summed E-state index contributed by atoms with van der Waals surface area (Å²) in [6, 6.07) is 20.9. The Morgan fingerprint density at radius 3 is 2.53 bits per heavy atom. The molecule has 0 spiro atoms. The molecule has 0 fully saturated rings. The molecule has 5 rings (SSSR count). The third-order valence-electron chi connectivity index (χ3n) is 6.14. The molecule has 0 N–H and O–H groups in total. The molecule has 2 heterocycles. The summed E-state index contributed by atoms with van der Waals surface area (Å²) in [5.74, 6) is 0.250. The molecular weight excluding hydrogens is 472 g/mol. The smallest absolute Gasteiger partial charge is 0.338 e. The van der Waals surface area contributed by atoms with E-state index < -0.39 is 12.0 Å². The number of rotatable bonds is 6. The van der Waals surface area contributed by atoms with Gasteiger partial charge in [0.1, 0.15) is 5.75 Å². The standard InChI is InChI=1S/C29H26N2O4S/c1-4-34-23-16-15-19-11-9-10-14-21(19)22(23)17-24-27(32)31-26(20-12-7-6-8-13-20)25(28(33)35-5-2)18(3)30-29(31)36-24/h6-17,26H,4-5H2,1-3H3/t26-/m1/s1. The zero-order chi connectivity index (χ0) is 25.2. The zero-order valence-corrected chi connectivity index (χ0v) is 21.2. The number of fused-ring (bicyclic) bond motifs is 2. The molecular formula is C29H26N2O4S. The van der Waals surface area contributed by atoms with Gasteiger partial charge in [0.15, 0.2) is 4.80 Å². The van der Waals surface area contributed by atoms with E-state index in [-0.39, 0.29) is 12.2 Å². The predicted molar refractivity (Wildman–Crippen MR) is 142 cm³/mol. The first kappa shape index (κ1) is 23.8. The minimum absolute atomic E-state index is 0.211. The van der Waals surface area contributed by atoms with Gasteiger partial charge >= 0.3 is 5.97 Å². The van der Waals surface area contributed by atoms with Crippen molar-refractivity contribution in [3.05, 3.63) is 109 Å². The Labute approximate surface area is 212 Å². The van der Waals surface area contributed by atoms with Gasteiger partial charge in [0.2, 0.25) is 0 Å². The number of nitrogens with zero attached hydrogens (tertiary/aromatic N) is 2. The highest BCUT2D eigenvalue weighted by molar-refractivity contribution is 7.07. The predicted octanol–water partition coefficient (Wildman–Crippen LogP) is 4.35. The van der Waals surface area contributed by atoms with Crippen LogP contribution in [0.5, 0.6) is 5.75 Å². The monoisotopic (exact) mass is 498 g/mol. The van der Waals surface area contributed by atoms with Gasteiger partial charge in [0.25, 0.3) is 5.56 Å². The minimum atomic E-state index is -0.623. The lowest BCUT2D eigenvalue weighted by atomic mass is 9.96. The largest absolute Gasteiger partial charge is 0.493 e. The summed E-state index contributed by atoms with van der Waals surface area (Å²) in [7, 11) is 0. The van der Waals surface area contributed by atoms with Gasteiger partial charge in [0, 0.05) is 5.56 Å². The van der Waals surface area contributed by atoms with E-state index in [0.29, 0.717) is 33.0 Å². The molecule has 3 aromatic carbocycles. The molecule has 182 valence electrons. The van der Waals surface area contributed by atoms with E-state index in [9.17, 15) is 9.59 Å². The molecule has 0 unspecified atom stereocenters. The van der Waals surface area contributed by atoms with Crippen molar-refractivity contribution in [1.29, 1.82) is 0 Å². The lowest BCUT2D eigenvalue weighted by molar-refractivity contribution is -0.139. The van der Waals surface area contributed by atoms with E-state index in [1.807, 2.05) is 79.7 Å². The Morgan fingerprint density at radius 1 is 1.03 bits per heavy atom. The molecule has 0 aliphatic carbocycles. The van der Waals surface area contributed by atoms with Crippen molar-refractivity contribution in [3.63, 3.8) is 0 Å². The highest BCUT2D eigenvalue weighted by atomic mass is 32.1. The summed E-state index contributed by atoms with van der Waals surface area (Å²) in [4.78, 5) is 32.1. The SMILES string of the molecule is CCOC(=O)C1=C(C)N=c2sc(=Cc3c(OCC)ccc4ccccc34)c(=O)n2[C@@H]1c1ccccc1. The highest BCUT2D eigenvalue weighted by Crippen LogP contribution is 2.31. The lowest BCUT2D eigenvalue weighted by Crippen LogP contribution is -2.39. The van der Waals surface area contributed by atoms with Crippen molar-refractivity contribution in [2.75, 3.05) is 13.2 Å². The fourth-order valence-corrected chi connectivity index (χ4v) is 5.61. The third kappa shape index (κ3) is 4.16. The second kappa shape index (κ2) is 9.95. The van der Waals surface area contributed by atoms with E-state index in [0.717, 1.165) is 21.9 Å². The van der Waals surface area contributed by atoms with Gasteiger partial charge in [-0.1, -0.05) is 72.0 Å². The molecule has 4 aromatic rings. The van der Waals surface area contributed by atoms with Gasteiger partial charge in [-0.2, -0.15) is 0 Å². The number of aromatic nitrogens is 1. The van der Waals surface area contributed by atoms with Crippen LogP contribution in [0.3, 0.4) is 0 Å². The van der Waals surface area contributed by atoms with Crippen LogP contribution >= 0.6 is 11.3 Å². The molecule has 0 saturated heterocycles. The summed E-state index contributed by atoms with van der Waals surface area (Å²) < 4.78 is 13.4. The van der Waals surface area contributed by atoms with Crippen molar-refractivity contribution in [2.24, 2.45) is 4.99 Å². The number of hydrogen-bond donors (Lipinski definition) is 0. The molecule has 7 heteroatoms. The maximum atomic E-state index is 13.9. The van der Waals surface area contributed by atoms with Crippen LogP contribution < -0.4 is 19.6 Å². The summed E-state index contributed by atoms with van der Waals surface area (Å²) >= 11 is 1.31. The summed E-state index contributed by atoms with van der Waals surface area (Å²) in [6.07, 6.45) is 1.88.